The van der Waals surface area contributed by atoms with Crippen LogP contribution in [0, 0.1) is 12.7 Å². The fourth-order valence-corrected chi connectivity index (χ4v) is 2.23. The molecule has 0 bridgehead atoms. The van der Waals surface area contributed by atoms with Crippen LogP contribution in [0.1, 0.15) is 21.5 Å². The number of carbonyl (C=O) groups is 2. The van der Waals surface area contributed by atoms with Gasteiger partial charge in [0.25, 0.3) is 5.91 Å². The number of anilines is 2. The lowest BCUT2D eigenvalue weighted by atomic mass is 10.1. The van der Waals surface area contributed by atoms with E-state index < -0.39 is 0 Å². The number of carbonyl (C=O) groups excluding carboxylic acids is 2. The van der Waals surface area contributed by atoms with Gasteiger partial charge in [-0.3, -0.25) is 9.59 Å². The number of benzene rings is 2. The van der Waals surface area contributed by atoms with Crippen molar-refractivity contribution in [1.29, 1.82) is 0 Å². The molecule has 5 heteroatoms. The minimum Gasteiger partial charge on any atom is -0.326 e. The van der Waals surface area contributed by atoms with Crippen molar-refractivity contribution in [3.8, 4) is 0 Å². The second-order valence-corrected chi connectivity index (χ2v) is 5.01. The highest BCUT2D eigenvalue weighted by molar-refractivity contribution is 6.07. The monoisotopic (exact) mass is 284 g/mol. The number of rotatable bonds is 2. The fourth-order valence-electron chi connectivity index (χ4n) is 2.23. The molecular weight excluding hydrogens is 271 g/mol. The van der Waals surface area contributed by atoms with Crippen LogP contribution in [0.4, 0.5) is 15.8 Å². The van der Waals surface area contributed by atoms with E-state index in [9.17, 15) is 14.0 Å². The third-order valence-electron chi connectivity index (χ3n) is 3.43. The maximum atomic E-state index is 13.5. The van der Waals surface area contributed by atoms with E-state index in [0.717, 1.165) is 5.56 Å². The van der Waals surface area contributed by atoms with Gasteiger partial charge in [-0.2, -0.15) is 0 Å². The maximum absolute atomic E-state index is 13.5. The van der Waals surface area contributed by atoms with E-state index in [1.54, 1.807) is 37.3 Å². The van der Waals surface area contributed by atoms with Gasteiger partial charge in [0.05, 0.1) is 6.42 Å². The van der Waals surface area contributed by atoms with Crippen LogP contribution < -0.4 is 10.6 Å². The topological polar surface area (TPSA) is 58.2 Å². The first kappa shape index (κ1) is 13.3. The summed E-state index contributed by atoms with van der Waals surface area (Å²) in [4.78, 5) is 23.4. The van der Waals surface area contributed by atoms with Gasteiger partial charge < -0.3 is 10.6 Å². The summed E-state index contributed by atoms with van der Waals surface area (Å²) in [5.74, 6) is -0.792. The smallest absolute Gasteiger partial charge is 0.255 e. The number of fused-ring (bicyclic) bond motifs is 1. The van der Waals surface area contributed by atoms with Crippen molar-refractivity contribution < 1.29 is 14.0 Å². The SMILES string of the molecule is Cc1ccc(NC(=O)c2ccc3c(c2)NC(=O)C3)cc1F. The van der Waals surface area contributed by atoms with Gasteiger partial charge in [-0.05, 0) is 42.3 Å². The standard InChI is InChI=1S/C16H13FN2O2/c1-9-2-5-12(8-13(9)17)18-16(21)11-4-3-10-7-15(20)19-14(10)6-11/h2-6,8H,7H2,1H3,(H,18,21)(H,19,20). The van der Waals surface area contributed by atoms with Crippen LogP contribution in [0.5, 0.6) is 0 Å². The molecule has 2 aromatic carbocycles. The van der Waals surface area contributed by atoms with E-state index in [2.05, 4.69) is 10.6 Å². The highest BCUT2D eigenvalue weighted by Gasteiger charge is 2.19. The summed E-state index contributed by atoms with van der Waals surface area (Å²) in [6, 6.07) is 9.55. The minimum absolute atomic E-state index is 0.0804. The zero-order valence-electron chi connectivity index (χ0n) is 11.4. The van der Waals surface area contributed by atoms with Crippen molar-refractivity contribution >= 4 is 23.2 Å². The van der Waals surface area contributed by atoms with E-state index in [-0.39, 0.29) is 17.6 Å². The molecule has 4 nitrogen and oxygen atoms in total. The second-order valence-electron chi connectivity index (χ2n) is 5.01. The third kappa shape index (κ3) is 2.63. The van der Waals surface area contributed by atoms with Crippen molar-refractivity contribution in [2.45, 2.75) is 13.3 Å². The Morgan fingerprint density at radius 1 is 1.24 bits per heavy atom. The molecule has 106 valence electrons. The lowest BCUT2D eigenvalue weighted by Crippen LogP contribution is -2.12. The zero-order chi connectivity index (χ0) is 15.0. The molecule has 2 N–H and O–H groups in total. The van der Waals surface area contributed by atoms with E-state index in [0.29, 0.717) is 28.9 Å². The predicted molar refractivity (Wildman–Crippen MR) is 77.9 cm³/mol. The van der Waals surface area contributed by atoms with E-state index in [1.807, 2.05) is 0 Å². The Labute approximate surface area is 121 Å². The van der Waals surface area contributed by atoms with Crippen LogP contribution in [0.25, 0.3) is 0 Å². The number of amides is 2. The van der Waals surface area contributed by atoms with Crippen molar-refractivity contribution in [3.05, 3.63) is 58.9 Å². The van der Waals surface area contributed by atoms with Crippen molar-refractivity contribution in [1.82, 2.24) is 0 Å². The molecule has 1 heterocycles. The van der Waals surface area contributed by atoms with E-state index >= 15 is 0 Å². The molecule has 3 rings (SSSR count). The molecule has 1 aliphatic rings. The molecule has 1 aliphatic heterocycles. The minimum atomic E-state index is -0.367. The summed E-state index contributed by atoms with van der Waals surface area (Å²) in [6.45, 7) is 1.66. The van der Waals surface area contributed by atoms with Gasteiger partial charge >= 0.3 is 0 Å². The summed E-state index contributed by atoms with van der Waals surface area (Å²) >= 11 is 0. The summed E-state index contributed by atoms with van der Waals surface area (Å²) < 4.78 is 13.5. The molecule has 0 unspecified atom stereocenters. The van der Waals surface area contributed by atoms with Gasteiger partial charge in [-0.15, -0.1) is 0 Å². The molecule has 0 atom stereocenters. The summed E-state index contributed by atoms with van der Waals surface area (Å²) in [5, 5.41) is 5.33. The molecule has 2 amide bonds. The summed E-state index contributed by atoms with van der Waals surface area (Å²) in [5.41, 5.74) is 2.86. The van der Waals surface area contributed by atoms with Gasteiger partial charge in [0.15, 0.2) is 0 Å². The highest BCUT2D eigenvalue weighted by atomic mass is 19.1. The number of aryl methyl sites for hydroxylation is 1. The number of nitrogens with one attached hydrogen (secondary N) is 2. The molecule has 21 heavy (non-hydrogen) atoms. The average molecular weight is 284 g/mol. The Morgan fingerprint density at radius 2 is 2.05 bits per heavy atom. The van der Waals surface area contributed by atoms with E-state index in [1.165, 1.54) is 6.07 Å². The molecule has 0 saturated carbocycles. The quantitative estimate of drug-likeness (QED) is 0.891. The van der Waals surface area contributed by atoms with Crippen LogP contribution in [0.3, 0.4) is 0 Å². The highest BCUT2D eigenvalue weighted by Crippen LogP contribution is 2.24. The Bertz CT molecular complexity index is 756. The molecule has 0 radical (unpaired) electrons. The van der Waals surface area contributed by atoms with Gasteiger partial charge in [0.1, 0.15) is 5.82 Å². The van der Waals surface area contributed by atoms with Gasteiger partial charge in [0.2, 0.25) is 5.91 Å². The molecule has 2 aromatic rings. The van der Waals surface area contributed by atoms with Crippen LogP contribution in [0.2, 0.25) is 0 Å². The normalized spacial score (nSPS) is 12.8. The zero-order valence-corrected chi connectivity index (χ0v) is 11.4. The Balaban J connectivity index is 1.81. The second kappa shape index (κ2) is 5.01. The lowest BCUT2D eigenvalue weighted by molar-refractivity contribution is -0.115. The first-order valence-electron chi connectivity index (χ1n) is 6.53. The molecule has 0 saturated heterocycles. The van der Waals surface area contributed by atoms with Gasteiger partial charge in [-0.1, -0.05) is 12.1 Å². The Hall–Kier alpha value is -2.69. The molecule has 0 aliphatic carbocycles. The lowest BCUT2D eigenvalue weighted by Gasteiger charge is -2.07. The van der Waals surface area contributed by atoms with Gasteiger partial charge in [-0.25, -0.2) is 4.39 Å². The fraction of sp³-hybridized carbons (Fsp3) is 0.125. The Morgan fingerprint density at radius 3 is 2.81 bits per heavy atom. The third-order valence-corrected chi connectivity index (χ3v) is 3.43. The Kier molecular flexibility index (Phi) is 3.17. The van der Waals surface area contributed by atoms with Crippen LogP contribution in [0.15, 0.2) is 36.4 Å². The van der Waals surface area contributed by atoms with Crippen molar-refractivity contribution in [2.75, 3.05) is 10.6 Å². The summed E-state index contributed by atoms with van der Waals surface area (Å²) in [6.07, 6.45) is 0.334. The largest absolute Gasteiger partial charge is 0.326 e. The van der Waals surface area contributed by atoms with Crippen molar-refractivity contribution in [2.24, 2.45) is 0 Å². The maximum Gasteiger partial charge on any atom is 0.255 e. The first-order valence-corrected chi connectivity index (χ1v) is 6.53. The number of halogens is 1. The number of hydrogen-bond acceptors (Lipinski definition) is 2. The average Bonchev–Trinajstić information content (AvgIpc) is 2.82. The number of hydrogen-bond donors (Lipinski definition) is 2. The van der Waals surface area contributed by atoms with Crippen LogP contribution in [-0.2, 0) is 11.2 Å². The molecular formula is C16H13FN2O2. The van der Waals surface area contributed by atoms with E-state index in [4.69, 9.17) is 0 Å². The van der Waals surface area contributed by atoms with Crippen LogP contribution in [-0.4, -0.2) is 11.8 Å². The van der Waals surface area contributed by atoms with Crippen LogP contribution >= 0.6 is 0 Å². The van der Waals surface area contributed by atoms with Gasteiger partial charge in [0, 0.05) is 16.9 Å². The first-order chi connectivity index (χ1) is 10.0. The summed E-state index contributed by atoms with van der Waals surface area (Å²) in [7, 11) is 0. The molecule has 0 aromatic heterocycles. The molecule has 0 fully saturated rings. The van der Waals surface area contributed by atoms with Crippen molar-refractivity contribution in [3.63, 3.8) is 0 Å². The predicted octanol–water partition coefficient (Wildman–Crippen LogP) is 2.88. The molecule has 0 spiro atoms.